The van der Waals surface area contributed by atoms with Crippen molar-refractivity contribution >= 4 is 5.91 Å². The Bertz CT molecular complexity index is 1160. The molecular formula is C29H31FN4O2. The molecule has 0 saturated carbocycles. The molecule has 0 bridgehead atoms. The predicted molar refractivity (Wildman–Crippen MR) is 135 cm³/mol. The number of carbonyl (C=O) groups is 1. The number of likely N-dealkylation sites (tertiary alicyclic amines) is 2. The SMILES string of the molecule is N#Cc1ccc(CN2CCC(N3C=C(C(=O)N4CC[C@@H](Oc5ccc(F)cc5)C4)C=CC3)CC2)cc1. The molecule has 186 valence electrons. The Morgan fingerprint density at radius 2 is 1.78 bits per heavy atom. The Hall–Kier alpha value is -3.63. The van der Waals surface area contributed by atoms with Crippen LogP contribution >= 0.6 is 0 Å². The lowest BCUT2D eigenvalue weighted by Gasteiger charge is -2.39. The Kier molecular flexibility index (Phi) is 7.33. The van der Waals surface area contributed by atoms with E-state index in [9.17, 15) is 9.18 Å². The fourth-order valence-corrected chi connectivity index (χ4v) is 5.21. The van der Waals surface area contributed by atoms with Crippen molar-refractivity contribution in [1.82, 2.24) is 14.7 Å². The Labute approximate surface area is 211 Å². The number of piperidine rings is 1. The minimum Gasteiger partial charge on any atom is -0.489 e. The van der Waals surface area contributed by atoms with Crippen LogP contribution in [-0.4, -0.2) is 65.5 Å². The quantitative estimate of drug-likeness (QED) is 0.616. The minimum absolute atomic E-state index is 0.0411. The number of hydrogen-bond donors (Lipinski definition) is 0. The van der Waals surface area contributed by atoms with E-state index in [1.54, 1.807) is 12.1 Å². The van der Waals surface area contributed by atoms with Crippen LogP contribution in [0, 0.1) is 17.1 Å². The number of rotatable bonds is 6. The van der Waals surface area contributed by atoms with Crippen molar-refractivity contribution in [1.29, 1.82) is 5.26 Å². The highest BCUT2D eigenvalue weighted by Crippen LogP contribution is 2.24. The summed E-state index contributed by atoms with van der Waals surface area (Å²) in [6.45, 7) is 4.94. The lowest BCUT2D eigenvalue weighted by molar-refractivity contribution is -0.126. The van der Waals surface area contributed by atoms with Gasteiger partial charge in [-0.25, -0.2) is 4.39 Å². The van der Waals surface area contributed by atoms with E-state index in [1.807, 2.05) is 41.4 Å². The average molecular weight is 487 g/mol. The van der Waals surface area contributed by atoms with E-state index in [0.717, 1.165) is 51.0 Å². The molecule has 2 saturated heterocycles. The second kappa shape index (κ2) is 11.0. The number of halogens is 1. The summed E-state index contributed by atoms with van der Waals surface area (Å²) < 4.78 is 19.1. The number of ether oxygens (including phenoxy) is 1. The van der Waals surface area contributed by atoms with E-state index >= 15 is 0 Å². The summed E-state index contributed by atoms with van der Waals surface area (Å²) in [7, 11) is 0. The van der Waals surface area contributed by atoms with Gasteiger partial charge in [-0.1, -0.05) is 24.3 Å². The standard InChI is InChI=1S/C29H31FN4O2/c30-25-7-9-27(10-8-25)36-28-13-17-34(21-28)29(35)24-2-1-14-33(20-24)26-11-15-32(16-12-26)19-23-5-3-22(18-31)4-6-23/h1-10,20,26,28H,11-17,19,21H2/t28-/m1/s1. The van der Waals surface area contributed by atoms with E-state index in [1.165, 1.54) is 17.7 Å². The van der Waals surface area contributed by atoms with Crippen molar-refractivity contribution in [3.63, 3.8) is 0 Å². The molecule has 7 heteroatoms. The highest BCUT2D eigenvalue weighted by atomic mass is 19.1. The zero-order valence-corrected chi connectivity index (χ0v) is 20.4. The smallest absolute Gasteiger partial charge is 0.255 e. The first-order valence-corrected chi connectivity index (χ1v) is 12.6. The molecule has 0 N–H and O–H groups in total. The van der Waals surface area contributed by atoms with Crippen molar-refractivity contribution < 1.29 is 13.9 Å². The maximum absolute atomic E-state index is 13.2. The zero-order chi connectivity index (χ0) is 24.9. The van der Waals surface area contributed by atoms with Gasteiger partial charge in [0.05, 0.1) is 23.8 Å². The highest BCUT2D eigenvalue weighted by molar-refractivity contribution is 5.96. The molecule has 3 aliphatic heterocycles. The molecule has 1 amide bonds. The Morgan fingerprint density at radius 1 is 1.03 bits per heavy atom. The first-order valence-electron chi connectivity index (χ1n) is 12.6. The summed E-state index contributed by atoms with van der Waals surface area (Å²) in [6.07, 6.45) is 8.85. The molecule has 3 heterocycles. The first-order chi connectivity index (χ1) is 17.6. The van der Waals surface area contributed by atoms with Crippen molar-refractivity contribution in [2.45, 2.75) is 38.0 Å². The number of amides is 1. The van der Waals surface area contributed by atoms with Gasteiger partial charge in [-0.15, -0.1) is 0 Å². The molecule has 0 aromatic heterocycles. The van der Waals surface area contributed by atoms with Crippen LogP contribution in [0.15, 0.2) is 72.5 Å². The van der Waals surface area contributed by atoms with Crippen molar-refractivity contribution in [2.75, 3.05) is 32.7 Å². The minimum atomic E-state index is -0.289. The van der Waals surface area contributed by atoms with Gasteiger partial charge in [0.1, 0.15) is 17.7 Å². The monoisotopic (exact) mass is 486 g/mol. The van der Waals surface area contributed by atoms with Crippen LogP contribution in [0.1, 0.15) is 30.4 Å². The van der Waals surface area contributed by atoms with Crippen LogP contribution in [0.4, 0.5) is 4.39 Å². The van der Waals surface area contributed by atoms with E-state index < -0.39 is 0 Å². The molecule has 0 spiro atoms. The molecule has 0 unspecified atom stereocenters. The van der Waals surface area contributed by atoms with Gasteiger partial charge in [0.25, 0.3) is 5.91 Å². The molecule has 0 aliphatic carbocycles. The largest absolute Gasteiger partial charge is 0.489 e. The van der Waals surface area contributed by atoms with Gasteiger partial charge in [-0.3, -0.25) is 9.69 Å². The summed E-state index contributed by atoms with van der Waals surface area (Å²) in [5.74, 6) is 0.381. The van der Waals surface area contributed by atoms with Gasteiger partial charge >= 0.3 is 0 Å². The van der Waals surface area contributed by atoms with E-state index in [-0.39, 0.29) is 17.8 Å². The number of carbonyl (C=O) groups excluding carboxylic acids is 1. The maximum Gasteiger partial charge on any atom is 0.255 e. The zero-order valence-electron chi connectivity index (χ0n) is 20.4. The maximum atomic E-state index is 13.2. The van der Waals surface area contributed by atoms with Gasteiger partial charge in [-0.2, -0.15) is 5.26 Å². The van der Waals surface area contributed by atoms with Crippen LogP contribution in [0.3, 0.4) is 0 Å². The van der Waals surface area contributed by atoms with Crippen LogP contribution < -0.4 is 4.74 Å². The number of nitrogens with zero attached hydrogens (tertiary/aromatic N) is 4. The third-order valence-corrected chi connectivity index (χ3v) is 7.23. The summed E-state index contributed by atoms with van der Waals surface area (Å²) >= 11 is 0. The lowest BCUT2D eigenvalue weighted by atomic mass is 10.0. The van der Waals surface area contributed by atoms with Gasteiger partial charge in [0, 0.05) is 51.4 Å². The third kappa shape index (κ3) is 5.77. The third-order valence-electron chi connectivity index (χ3n) is 7.23. The fourth-order valence-electron chi connectivity index (χ4n) is 5.21. The highest BCUT2D eigenvalue weighted by Gasteiger charge is 2.30. The summed E-state index contributed by atoms with van der Waals surface area (Å²) in [4.78, 5) is 19.8. The number of nitriles is 1. The van der Waals surface area contributed by atoms with Crippen molar-refractivity contribution in [3.8, 4) is 11.8 Å². The van der Waals surface area contributed by atoms with Crippen LogP contribution in [0.25, 0.3) is 0 Å². The molecule has 0 radical (unpaired) electrons. The molecule has 36 heavy (non-hydrogen) atoms. The second-order valence-corrected chi connectivity index (χ2v) is 9.73. The molecule has 1 atom stereocenters. The van der Waals surface area contributed by atoms with Crippen molar-refractivity contribution in [3.05, 3.63) is 89.4 Å². The Morgan fingerprint density at radius 3 is 2.50 bits per heavy atom. The van der Waals surface area contributed by atoms with Crippen LogP contribution in [-0.2, 0) is 11.3 Å². The Balaban J connectivity index is 1.12. The molecule has 3 aliphatic rings. The van der Waals surface area contributed by atoms with E-state index in [2.05, 4.69) is 21.9 Å². The topological polar surface area (TPSA) is 59.8 Å². The second-order valence-electron chi connectivity index (χ2n) is 9.73. The summed E-state index contributed by atoms with van der Waals surface area (Å²) in [5, 5.41) is 8.98. The fraction of sp³-hybridized carbons (Fsp3) is 0.379. The van der Waals surface area contributed by atoms with Gasteiger partial charge < -0.3 is 14.5 Å². The number of benzene rings is 2. The van der Waals surface area contributed by atoms with Gasteiger partial charge in [0.15, 0.2) is 0 Å². The summed E-state index contributed by atoms with van der Waals surface area (Å²) in [6, 6.07) is 16.4. The predicted octanol–water partition coefficient (Wildman–Crippen LogP) is 4.10. The number of hydrogen-bond acceptors (Lipinski definition) is 5. The summed E-state index contributed by atoms with van der Waals surface area (Å²) in [5.41, 5.74) is 2.65. The molecule has 2 fully saturated rings. The van der Waals surface area contributed by atoms with Crippen LogP contribution in [0.5, 0.6) is 5.75 Å². The molecule has 2 aromatic rings. The van der Waals surface area contributed by atoms with Gasteiger partial charge in [-0.05, 0) is 54.8 Å². The van der Waals surface area contributed by atoms with E-state index in [4.69, 9.17) is 10.00 Å². The van der Waals surface area contributed by atoms with Crippen molar-refractivity contribution in [2.24, 2.45) is 0 Å². The average Bonchev–Trinajstić information content (AvgIpc) is 3.39. The van der Waals surface area contributed by atoms with Gasteiger partial charge in [0.2, 0.25) is 0 Å². The molecule has 6 nitrogen and oxygen atoms in total. The lowest BCUT2D eigenvalue weighted by Crippen LogP contribution is -2.43. The first kappa shape index (κ1) is 24.1. The normalized spacial score (nSPS) is 20.8. The molecular weight excluding hydrogens is 455 g/mol. The van der Waals surface area contributed by atoms with E-state index in [0.29, 0.717) is 30.4 Å². The molecule has 2 aromatic carbocycles. The molecule has 5 rings (SSSR count). The van der Waals surface area contributed by atoms with Crippen LogP contribution in [0.2, 0.25) is 0 Å².